The molecule has 6 nitrogen and oxygen atoms in total. The van der Waals surface area contributed by atoms with E-state index in [1.807, 2.05) is 0 Å². The summed E-state index contributed by atoms with van der Waals surface area (Å²) in [4.78, 5) is 22.0. The Morgan fingerprint density at radius 3 is 2.29 bits per heavy atom. The number of carbonyl (C=O) groups is 2. The molecule has 0 aliphatic carbocycles. The van der Waals surface area contributed by atoms with E-state index in [0.717, 1.165) is 0 Å². The third-order valence-corrected chi connectivity index (χ3v) is 1.64. The van der Waals surface area contributed by atoms with Gasteiger partial charge in [-0.25, -0.2) is 4.79 Å². The number of aliphatic carboxylic acids is 1. The number of rotatable bonds is 5. The molecule has 6 heteroatoms. The smallest absolute Gasteiger partial charge is 0.326 e. The third-order valence-electron chi connectivity index (χ3n) is 1.64. The van der Waals surface area contributed by atoms with Crippen molar-refractivity contribution >= 4 is 11.9 Å². The Kier molecular flexibility index (Phi) is 4.52. The molecule has 0 aromatic rings. The molecule has 0 heterocycles. The molecular formula is C8H17N3O3. The van der Waals surface area contributed by atoms with Crippen LogP contribution in [-0.2, 0) is 9.59 Å². The summed E-state index contributed by atoms with van der Waals surface area (Å²) in [6.07, 6.45) is 0.192. The van der Waals surface area contributed by atoms with Crippen LogP contribution in [0.4, 0.5) is 0 Å². The number of hydrogen-bond donors (Lipinski definition) is 4. The maximum absolute atomic E-state index is 11.3. The van der Waals surface area contributed by atoms with E-state index in [4.69, 9.17) is 16.6 Å². The zero-order chi connectivity index (χ0) is 11.4. The van der Waals surface area contributed by atoms with Crippen molar-refractivity contribution in [2.75, 3.05) is 6.54 Å². The van der Waals surface area contributed by atoms with Crippen LogP contribution < -0.4 is 16.8 Å². The van der Waals surface area contributed by atoms with Gasteiger partial charge in [0.05, 0.1) is 5.54 Å². The van der Waals surface area contributed by atoms with Crippen molar-refractivity contribution < 1.29 is 14.7 Å². The number of carbonyl (C=O) groups excluding carboxylic acids is 1. The molecule has 0 unspecified atom stereocenters. The number of hydrogen-bond acceptors (Lipinski definition) is 4. The second-order valence-corrected chi connectivity index (χ2v) is 3.66. The minimum absolute atomic E-state index is 0.192. The standard InChI is InChI=1S/C8H17N3O3/c1-8(2,10)7(14)11-5(3-4-9)6(12)13/h5H,3-4,9-10H2,1-2H3,(H,11,14)(H,12,13)/t5-/m0/s1. The molecule has 1 amide bonds. The van der Waals surface area contributed by atoms with E-state index in [1.54, 1.807) is 0 Å². The predicted octanol–water partition coefficient (Wildman–Crippen LogP) is -1.36. The molecule has 82 valence electrons. The Bertz CT molecular complexity index is 222. The second kappa shape index (κ2) is 4.92. The van der Waals surface area contributed by atoms with Crippen molar-refractivity contribution in [2.24, 2.45) is 11.5 Å². The number of amides is 1. The zero-order valence-electron chi connectivity index (χ0n) is 8.41. The van der Waals surface area contributed by atoms with Crippen LogP contribution in [0.3, 0.4) is 0 Å². The molecule has 0 spiro atoms. The van der Waals surface area contributed by atoms with Crippen molar-refractivity contribution in [3.8, 4) is 0 Å². The summed E-state index contributed by atoms with van der Waals surface area (Å²) in [6, 6.07) is -0.963. The number of carboxylic acids is 1. The van der Waals surface area contributed by atoms with Gasteiger partial charge in [0.15, 0.2) is 0 Å². The molecular weight excluding hydrogens is 186 g/mol. The minimum atomic E-state index is -1.10. The van der Waals surface area contributed by atoms with Crippen molar-refractivity contribution in [2.45, 2.75) is 31.8 Å². The summed E-state index contributed by atoms with van der Waals surface area (Å²) in [5.74, 6) is -1.61. The average molecular weight is 203 g/mol. The molecule has 0 aliphatic heterocycles. The van der Waals surface area contributed by atoms with Crippen LogP contribution in [0.5, 0.6) is 0 Å². The highest BCUT2D eigenvalue weighted by Crippen LogP contribution is 1.99. The van der Waals surface area contributed by atoms with Gasteiger partial charge in [-0.15, -0.1) is 0 Å². The van der Waals surface area contributed by atoms with Crippen LogP contribution in [0, 0.1) is 0 Å². The normalized spacial score (nSPS) is 13.4. The molecule has 0 rings (SSSR count). The lowest BCUT2D eigenvalue weighted by Crippen LogP contribution is -2.54. The van der Waals surface area contributed by atoms with Gasteiger partial charge in [0.25, 0.3) is 0 Å². The number of nitrogens with two attached hydrogens (primary N) is 2. The van der Waals surface area contributed by atoms with E-state index >= 15 is 0 Å². The van der Waals surface area contributed by atoms with Gasteiger partial charge in [0.2, 0.25) is 5.91 Å². The van der Waals surface area contributed by atoms with Crippen LogP contribution in [0.1, 0.15) is 20.3 Å². The lowest BCUT2D eigenvalue weighted by Gasteiger charge is -2.21. The molecule has 0 fully saturated rings. The fourth-order valence-electron chi connectivity index (χ4n) is 0.768. The topological polar surface area (TPSA) is 118 Å². The number of nitrogens with one attached hydrogen (secondary N) is 1. The first-order valence-corrected chi connectivity index (χ1v) is 4.31. The quantitative estimate of drug-likeness (QED) is 0.440. The van der Waals surface area contributed by atoms with E-state index in [1.165, 1.54) is 13.8 Å². The van der Waals surface area contributed by atoms with Crippen LogP contribution >= 0.6 is 0 Å². The van der Waals surface area contributed by atoms with Gasteiger partial charge in [-0.05, 0) is 26.8 Å². The van der Waals surface area contributed by atoms with Gasteiger partial charge in [0.1, 0.15) is 6.04 Å². The van der Waals surface area contributed by atoms with Crippen molar-refractivity contribution in [3.63, 3.8) is 0 Å². The Hall–Kier alpha value is -1.14. The van der Waals surface area contributed by atoms with Crippen molar-refractivity contribution in [1.82, 2.24) is 5.32 Å². The van der Waals surface area contributed by atoms with Gasteiger partial charge in [-0.1, -0.05) is 0 Å². The highest BCUT2D eigenvalue weighted by molar-refractivity contribution is 5.89. The highest BCUT2D eigenvalue weighted by Gasteiger charge is 2.27. The van der Waals surface area contributed by atoms with E-state index in [9.17, 15) is 9.59 Å². The molecule has 0 bridgehead atoms. The summed E-state index contributed by atoms with van der Waals surface area (Å²) in [5.41, 5.74) is 9.61. The van der Waals surface area contributed by atoms with Gasteiger partial charge in [-0.3, -0.25) is 4.79 Å². The highest BCUT2D eigenvalue weighted by atomic mass is 16.4. The molecule has 1 atom stereocenters. The van der Waals surface area contributed by atoms with Crippen LogP contribution in [0.2, 0.25) is 0 Å². The average Bonchev–Trinajstić information content (AvgIpc) is 2.01. The Balaban J connectivity index is 4.31. The summed E-state index contributed by atoms with van der Waals surface area (Å²) in [6.45, 7) is 3.20. The largest absolute Gasteiger partial charge is 0.480 e. The number of carboxylic acid groups (broad SMARTS) is 1. The summed E-state index contributed by atoms with van der Waals surface area (Å²) >= 11 is 0. The Morgan fingerprint density at radius 1 is 1.50 bits per heavy atom. The van der Waals surface area contributed by atoms with Crippen LogP contribution in [0.25, 0.3) is 0 Å². The molecule has 0 saturated heterocycles. The van der Waals surface area contributed by atoms with Crippen LogP contribution in [-0.4, -0.2) is 35.1 Å². The van der Waals surface area contributed by atoms with Gasteiger partial charge >= 0.3 is 5.97 Å². The van der Waals surface area contributed by atoms with Crippen molar-refractivity contribution in [1.29, 1.82) is 0 Å². The van der Waals surface area contributed by atoms with E-state index in [-0.39, 0.29) is 13.0 Å². The Morgan fingerprint density at radius 2 is 2.00 bits per heavy atom. The summed E-state index contributed by atoms with van der Waals surface area (Å²) in [7, 11) is 0. The fourth-order valence-corrected chi connectivity index (χ4v) is 0.768. The molecule has 0 radical (unpaired) electrons. The van der Waals surface area contributed by atoms with Gasteiger partial charge < -0.3 is 21.9 Å². The molecule has 14 heavy (non-hydrogen) atoms. The third kappa shape index (κ3) is 4.20. The van der Waals surface area contributed by atoms with E-state index in [0.29, 0.717) is 0 Å². The first-order valence-electron chi connectivity index (χ1n) is 4.31. The molecule has 6 N–H and O–H groups in total. The maximum Gasteiger partial charge on any atom is 0.326 e. The fraction of sp³-hybridized carbons (Fsp3) is 0.750. The zero-order valence-corrected chi connectivity index (χ0v) is 8.41. The van der Waals surface area contributed by atoms with Gasteiger partial charge in [0, 0.05) is 0 Å². The summed E-state index contributed by atoms with van der Waals surface area (Å²) < 4.78 is 0. The first-order chi connectivity index (χ1) is 6.29. The monoisotopic (exact) mass is 203 g/mol. The van der Waals surface area contributed by atoms with Crippen LogP contribution in [0.15, 0.2) is 0 Å². The summed E-state index contributed by atoms with van der Waals surface area (Å²) in [5, 5.41) is 11.0. The molecule has 0 saturated carbocycles. The molecule has 0 aromatic carbocycles. The van der Waals surface area contributed by atoms with E-state index in [2.05, 4.69) is 5.32 Å². The lowest BCUT2D eigenvalue weighted by atomic mass is 10.1. The minimum Gasteiger partial charge on any atom is -0.480 e. The SMILES string of the molecule is CC(C)(N)C(=O)N[C@@H](CCN)C(=O)O. The lowest BCUT2D eigenvalue weighted by molar-refractivity contribution is -0.142. The van der Waals surface area contributed by atoms with Gasteiger partial charge in [-0.2, -0.15) is 0 Å². The molecule has 0 aliphatic rings. The van der Waals surface area contributed by atoms with E-state index < -0.39 is 23.5 Å². The first kappa shape index (κ1) is 12.9. The predicted molar refractivity (Wildman–Crippen MR) is 51.5 cm³/mol. The maximum atomic E-state index is 11.3. The Labute approximate surface area is 82.6 Å². The van der Waals surface area contributed by atoms with Crippen molar-refractivity contribution in [3.05, 3.63) is 0 Å². The second-order valence-electron chi connectivity index (χ2n) is 3.66. The molecule has 0 aromatic heterocycles.